The molecule has 0 N–H and O–H groups in total. The van der Waals surface area contributed by atoms with Crippen molar-refractivity contribution in [2.24, 2.45) is 0 Å². The van der Waals surface area contributed by atoms with Gasteiger partial charge in [0.2, 0.25) is 0 Å². The molecule has 0 spiro atoms. The van der Waals surface area contributed by atoms with E-state index in [1.165, 1.54) is 83.1 Å². The molecule has 0 saturated carbocycles. The quantitative estimate of drug-likeness (QED) is 0.129. The maximum absolute atomic E-state index is 10.4. The highest BCUT2D eigenvalue weighted by molar-refractivity contribution is 6.13. The predicted molar refractivity (Wildman–Crippen MR) is 355 cm³/mol. The summed E-state index contributed by atoms with van der Waals surface area (Å²) in [5, 5.41) is 25.4. The Morgan fingerprint density at radius 2 is 0.733 bits per heavy atom. The molecule has 0 bridgehead atoms. The van der Waals surface area contributed by atoms with Crippen LogP contribution in [0.1, 0.15) is 55.6 Å². The molecule has 0 atom stereocenters. The molecule has 0 aliphatic heterocycles. The largest absolute Gasteiger partial charge is 0.309 e. The Morgan fingerprint density at radius 1 is 0.314 bits per heavy atom. The van der Waals surface area contributed by atoms with Crippen molar-refractivity contribution in [1.29, 1.82) is 10.5 Å². The van der Waals surface area contributed by atoms with E-state index in [0.29, 0.717) is 11.1 Å². The van der Waals surface area contributed by atoms with Crippen LogP contribution in [-0.4, -0.2) is 19.1 Å². The molecule has 10 aromatic carbocycles. The van der Waals surface area contributed by atoms with Gasteiger partial charge < -0.3 is 9.13 Å². The molecule has 6 nitrogen and oxygen atoms in total. The van der Waals surface area contributed by atoms with E-state index in [-0.39, 0.29) is 0 Å². The normalized spacial score (nSPS) is 11.4. The van der Waals surface area contributed by atoms with Crippen LogP contribution in [0.4, 0.5) is 0 Å². The highest BCUT2D eigenvalue weighted by Crippen LogP contribution is 2.42. The van der Waals surface area contributed by atoms with Crippen LogP contribution < -0.4 is 0 Å². The lowest BCUT2D eigenvalue weighted by Gasteiger charge is -2.14. The fourth-order valence-corrected chi connectivity index (χ4v) is 13.3. The van der Waals surface area contributed by atoms with Crippen LogP contribution in [0.5, 0.6) is 0 Å². The van der Waals surface area contributed by atoms with Gasteiger partial charge in [0.15, 0.2) is 0 Å². The van der Waals surface area contributed by atoms with E-state index in [1.54, 1.807) is 24.8 Å². The monoisotopic (exact) mass is 1100 g/mol. The summed E-state index contributed by atoms with van der Waals surface area (Å²) < 4.78 is 4.73. The van der Waals surface area contributed by atoms with E-state index in [9.17, 15) is 10.5 Å². The number of nitrogens with zero attached hydrogens (tertiary/aromatic N) is 6. The maximum atomic E-state index is 10.4. The molecule has 410 valence electrons. The SMILES string of the molecule is Cc1ccc(-c2ccc3c4ccc(-c5ccc(CCc6ccc(-c7ccc8c9ccc(-c%10ccc(C)cc%10C)cc9n(-c9ccc(C#N)c(-c%10ccncc%10)c9)c8c7)c(C)c6)cc5C)cc4n(-c4cc(C#N)cc(-c5ccncc5)c4)c3c2)c(C)c1. The van der Waals surface area contributed by atoms with E-state index < -0.39 is 0 Å². The molecule has 14 aromatic rings. The van der Waals surface area contributed by atoms with Crippen molar-refractivity contribution in [3.63, 3.8) is 0 Å². The third kappa shape index (κ3) is 9.58. The molecule has 0 fully saturated rings. The van der Waals surface area contributed by atoms with Crippen molar-refractivity contribution in [3.8, 4) is 90.3 Å². The van der Waals surface area contributed by atoms with Gasteiger partial charge in [0, 0.05) is 63.3 Å². The van der Waals surface area contributed by atoms with Crippen LogP contribution in [0, 0.1) is 64.2 Å². The lowest BCUT2D eigenvalue weighted by Crippen LogP contribution is -1.97. The minimum absolute atomic E-state index is 0.600. The Balaban J connectivity index is 0.786. The summed E-state index contributed by atoms with van der Waals surface area (Å²) in [7, 11) is 0. The van der Waals surface area contributed by atoms with Gasteiger partial charge in [-0.1, -0.05) is 132 Å². The minimum atomic E-state index is 0.600. The molecule has 0 aliphatic carbocycles. The molecule has 0 radical (unpaired) electrons. The number of pyridine rings is 2. The number of fused-ring (bicyclic) bond motifs is 6. The summed E-state index contributed by atoms with van der Waals surface area (Å²) in [6.45, 7) is 13.1. The van der Waals surface area contributed by atoms with Crippen molar-refractivity contribution in [2.45, 2.75) is 54.4 Å². The third-order valence-electron chi connectivity index (χ3n) is 17.5. The molecule has 0 unspecified atom stereocenters. The zero-order valence-electron chi connectivity index (χ0n) is 49.0. The molecule has 4 heterocycles. The van der Waals surface area contributed by atoms with Crippen molar-refractivity contribution >= 4 is 43.6 Å². The lowest BCUT2D eigenvalue weighted by atomic mass is 9.93. The molecule has 6 heteroatoms. The second-order valence-electron chi connectivity index (χ2n) is 23.2. The van der Waals surface area contributed by atoms with Crippen LogP contribution >= 0.6 is 0 Å². The topological polar surface area (TPSA) is 83.2 Å². The first-order chi connectivity index (χ1) is 42.0. The first-order valence-electron chi connectivity index (χ1n) is 29.4. The van der Waals surface area contributed by atoms with Crippen LogP contribution in [0.25, 0.3) is 122 Å². The molecular weight excluding hydrogens is 1040 g/mol. The minimum Gasteiger partial charge on any atom is -0.309 e. The average molecular weight is 1110 g/mol. The Kier molecular flexibility index (Phi) is 13.4. The summed E-state index contributed by atoms with van der Waals surface area (Å²) in [6, 6.07) is 79.8. The zero-order valence-corrected chi connectivity index (χ0v) is 49.0. The number of aromatic nitrogens is 4. The second kappa shape index (κ2) is 21.7. The highest BCUT2D eigenvalue weighted by Gasteiger charge is 2.21. The molecule has 0 aliphatic rings. The summed E-state index contributed by atoms with van der Waals surface area (Å²) in [4.78, 5) is 8.54. The number of rotatable bonds is 11. The molecule has 0 saturated heterocycles. The smallest absolute Gasteiger partial charge is 0.0998 e. The van der Waals surface area contributed by atoms with Gasteiger partial charge in [-0.25, -0.2) is 0 Å². The van der Waals surface area contributed by atoms with E-state index in [0.717, 1.165) is 96.0 Å². The Bertz CT molecular complexity index is 5140. The van der Waals surface area contributed by atoms with E-state index in [1.807, 2.05) is 42.5 Å². The van der Waals surface area contributed by atoms with Gasteiger partial charge in [0.1, 0.15) is 0 Å². The van der Waals surface area contributed by atoms with Crippen LogP contribution in [0.3, 0.4) is 0 Å². The van der Waals surface area contributed by atoms with Crippen LogP contribution in [-0.2, 0) is 12.8 Å². The first kappa shape index (κ1) is 53.1. The molecule has 4 aromatic heterocycles. The first-order valence-corrected chi connectivity index (χ1v) is 29.4. The van der Waals surface area contributed by atoms with Gasteiger partial charge in [-0.05, 0) is 234 Å². The average Bonchev–Trinajstić information content (AvgIpc) is 3.37. The Morgan fingerprint density at radius 3 is 1.15 bits per heavy atom. The van der Waals surface area contributed by atoms with Gasteiger partial charge in [-0.3, -0.25) is 9.97 Å². The molecule has 14 rings (SSSR count). The molecular formula is C80H60N6. The molecule has 0 amide bonds. The summed E-state index contributed by atoms with van der Waals surface area (Å²) in [6.07, 6.45) is 8.98. The van der Waals surface area contributed by atoms with Gasteiger partial charge in [0.05, 0.1) is 45.3 Å². The standard InChI is InChI=1S/C80H60N6/c1-49-7-19-68(51(3)35-49)60-14-23-72-73-24-16-62(43-78(73)85(77(72)42-60)66-18-13-64(48-82)76(46-66)59-29-33-84-34-30-59)70-21-11-55(37-53(70)5)9-10-56-12-22-71(54(6)38-56)63-17-26-75-74-25-15-61(69-20-8-50(2)36-52(69)4)44-79(74)86(80(75)45-63)67-40-57(47-81)39-65(41-67)58-27-31-83-32-28-58/h7-8,11-46H,9-10H2,1-6H3. The maximum Gasteiger partial charge on any atom is 0.0998 e. The number of hydrogen-bond acceptors (Lipinski definition) is 4. The van der Waals surface area contributed by atoms with E-state index in [4.69, 9.17) is 0 Å². The summed E-state index contributed by atoms with van der Waals surface area (Å²) >= 11 is 0. The summed E-state index contributed by atoms with van der Waals surface area (Å²) in [5.41, 5.74) is 30.8. The van der Waals surface area contributed by atoms with Crippen LogP contribution in [0.2, 0.25) is 0 Å². The second-order valence-corrected chi connectivity index (χ2v) is 23.2. The third-order valence-corrected chi connectivity index (χ3v) is 17.5. The van der Waals surface area contributed by atoms with Gasteiger partial charge in [-0.2, -0.15) is 10.5 Å². The number of hydrogen-bond donors (Lipinski definition) is 0. The van der Waals surface area contributed by atoms with E-state index in [2.05, 4.69) is 237 Å². The van der Waals surface area contributed by atoms with Gasteiger partial charge in [-0.15, -0.1) is 0 Å². The Hall–Kier alpha value is -10.9. The van der Waals surface area contributed by atoms with Crippen molar-refractivity contribution in [1.82, 2.24) is 19.1 Å². The summed E-state index contributed by atoms with van der Waals surface area (Å²) in [5.74, 6) is 0. The predicted octanol–water partition coefficient (Wildman–Crippen LogP) is 20.1. The lowest BCUT2D eigenvalue weighted by molar-refractivity contribution is 0.956. The van der Waals surface area contributed by atoms with Crippen molar-refractivity contribution < 1.29 is 0 Å². The number of aryl methyl sites for hydroxylation is 8. The van der Waals surface area contributed by atoms with Gasteiger partial charge >= 0.3 is 0 Å². The van der Waals surface area contributed by atoms with Crippen LogP contribution in [0.15, 0.2) is 231 Å². The van der Waals surface area contributed by atoms with E-state index >= 15 is 0 Å². The number of nitriles is 2. The highest BCUT2D eigenvalue weighted by atomic mass is 15.0. The fourth-order valence-electron chi connectivity index (χ4n) is 13.3. The number of benzene rings is 10. The van der Waals surface area contributed by atoms with Crippen molar-refractivity contribution in [3.05, 3.63) is 287 Å². The molecule has 86 heavy (non-hydrogen) atoms. The van der Waals surface area contributed by atoms with Crippen molar-refractivity contribution in [2.75, 3.05) is 0 Å². The fraction of sp³-hybridized carbons (Fsp3) is 0.100. The Labute approximate surface area is 501 Å². The zero-order chi connectivity index (χ0) is 58.7. The van der Waals surface area contributed by atoms with Gasteiger partial charge in [0.25, 0.3) is 0 Å².